The minimum atomic E-state index is -0.830. The van der Waals surface area contributed by atoms with Gasteiger partial charge in [-0.05, 0) is 120 Å². The van der Waals surface area contributed by atoms with Crippen molar-refractivity contribution >= 4 is 25.4 Å². The molecule has 50 heavy (non-hydrogen) atoms. The predicted octanol–water partition coefficient (Wildman–Crippen LogP) is 5.23. The Morgan fingerprint density at radius 1 is 0.660 bits per heavy atom. The molecule has 4 aliphatic rings. The summed E-state index contributed by atoms with van der Waals surface area (Å²) in [5.74, 6) is -0.268. The zero-order chi connectivity index (χ0) is 34.3. The quantitative estimate of drug-likeness (QED) is 0.154. The molecule has 8 rings (SSSR count). The number of rotatable bonds is 3. The number of phenols is 2. The van der Waals surface area contributed by atoms with Crippen molar-refractivity contribution in [2.75, 3.05) is 0 Å². The molecule has 10 heteroatoms. The molecule has 0 aromatic heterocycles. The Morgan fingerprint density at radius 2 is 1.18 bits per heavy atom. The summed E-state index contributed by atoms with van der Waals surface area (Å²) in [6.45, 7) is 1.11. The monoisotopic (exact) mass is 696 g/mol. The van der Waals surface area contributed by atoms with Crippen molar-refractivity contribution in [2.24, 2.45) is 5.73 Å². The summed E-state index contributed by atoms with van der Waals surface area (Å²) >= 11 is 0. The van der Waals surface area contributed by atoms with E-state index in [1.165, 1.54) is 35.1 Å². The van der Waals surface area contributed by atoms with E-state index in [-0.39, 0.29) is 43.0 Å². The van der Waals surface area contributed by atoms with Crippen LogP contribution in [0.25, 0.3) is 0 Å². The van der Waals surface area contributed by atoms with Crippen LogP contribution in [0, 0.1) is 0 Å². The summed E-state index contributed by atoms with van der Waals surface area (Å²) in [5, 5.41) is 37.0. The van der Waals surface area contributed by atoms with Gasteiger partial charge in [-0.2, -0.15) is 13.5 Å². The zero-order valence-electron chi connectivity index (χ0n) is 28.2. The molecule has 1 amide bonds. The van der Waals surface area contributed by atoms with E-state index in [4.69, 9.17) is 10.8 Å². The average molecular weight is 697 g/mol. The molecule has 4 aromatic carbocycles. The van der Waals surface area contributed by atoms with E-state index in [1.54, 1.807) is 30.3 Å². The average Bonchev–Trinajstić information content (AvgIpc) is 3.12. The third-order valence-corrected chi connectivity index (χ3v) is 10.0. The van der Waals surface area contributed by atoms with Crippen LogP contribution in [0.2, 0.25) is 0 Å². The van der Waals surface area contributed by atoms with Gasteiger partial charge < -0.3 is 37.0 Å². The van der Waals surface area contributed by atoms with Gasteiger partial charge in [0, 0.05) is 19.1 Å². The molecule has 2 aliphatic carbocycles. The van der Waals surface area contributed by atoms with Crippen molar-refractivity contribution in [1.82, 2.24) is 16.0 Å². The summed E-state index contributed by atoms with van der Waals surface area (Å²) in [4.78, 5) is 23.4. The maximum atomic E-state index is 12.7. The molecule has 2 heterocycles. The van der Waals surface area contributed by atoms with Gasteiger partial charge in [-0.1, -0.05) is 60.7 Å². The van der Waals surface area contributed by atoms with E-state index in [2.05, 4.69) is 58.4 Å². The molecule has 2 aliphatic heterocycles. The van der Waals surface area contributed by atoms with Gasteiger partial charge >= 0.3 is 5.97 Å². The number of carbonyl (C=O) groups excluding carboxylic acids is 1. The number of amides is 1. The number of carbonyl (C=O) groups is 2. The maximum absolute atomic E-state index is 12.7. The topological polar surface area (TPSA) is 157 Å². The van der Waals surface area contributed by atoms with Crippen molar-refractivity contribution in [3.63, 3.8) is 0 Å². The Labute approximate surface area is 300 Å². The highest BCUT2D eigenvalue weighted by molar-refractivity contribution is 7.59. The van der Waals surface area contributed by atoms with E-state index in [0.29, 0.717) is 32.0 Å². The summed E-state index contributed by atoms with van der Waals surface area (Å²) in [5.41, 5.74) is 15.5. The Morgan fingerprint density at radius 3 is 1.78 bits per heavy atom. The molecule has 0 fully saturated rings. The first-order valence-corrected chi connectivity index (χ1v) is 17.3. The standard InChI is InChI=1S/C20H22N2O2.C10H11NO3.C10H13N.H2S/c23-16-9-8-14-11-19(21-12-15(14)10-16)20(24)22-18-7-3-5-13-4-1-2-6-17(13)18;12-8-2-1-6-4-9(10(13)14)11-5-7(6)3-8;11-10-7-3-5-8-4-1-2-6-9(8)10;/h1-2,4,6,8-10,18-19,21,23H,3,5,7,11-12H2,(H,22,24);1-3,9,11-12H,4-5H2,(H,13,14);1-2,4,6,10H,3,5,7,11H2;1H2/t18-,19-;9-;10-;/m000./s1. The Kier molecular flexibility index (Phi) is 12.6. The van der Waals surface area contributed by atoms with Gasteiger partial charge in [0.25, 0.3) is 0 Å². The zero-order valence-corrected chi connectivity index (χ0v) is 29.2. The molecule has 0 bridgehead atoms. The highest BCUT2D eigenvalue weighted by atomic mass is 32.1. The Bertz CT molecular complexity index is 1800. The molecule has 8 N–H and O–H groups in total. The number of hydrogen-bond donors (Lipinski definition) is 7. The minimum Gasteiger partial charge on any atom is -0.508 e. The van der Waals surface area contributed by atoms with Gasteiger partial charge in [0.05, 0.1) is 12.1 Å². The first-order valence-electron chi connectivity index (χ1n) is 17.3. The third kappa shape index (κ3) is 9.05. The van der Waals surface area contributed by atoms with Crippen molar-refractivity contribution < 1.29 is 24.9 Å². The van der Waals surface area contributed by atoms with Crippen LogP contribution in [0.5, 0.6) is 11.5 Å². The molecule has 0 unspecified atom stereocenters. The smallest absolute Gasteiger partial charge is 0.321 e. The lowest BCUT2D eigenvalue weighted by Crippen LogP contribution is -2.48. The second-order valence-corrected chi connectivity index (χ2v) is 13.4. The van der Waals surface area contributed by atoms with Crippen LogP contribution in [0.15, 0.2) is 84.9 Å². The first-order chi connectivity index (χ1) is 23.7. The number of hydrogen-bond acceptors (Lipinski definition) is 7. The number of carboxylic acids is 1. The molecule has 4 aromatic rings. The lowest BCUT2D eigenvalue weighted by atomic mass is 9.87. The number of nitrogens with two attached hydrogens (primary N) is 1. The summed E-state index contributed by atoms with van der Waals surface area (Å²) in [6.07, 6.45) is 7.96. The number of benzene rings is 4. The molecular formula is C40H48N4O5S. The molecule has 4 atom stereocenters. The fraction of sp³-hybridized carbons (Fsp3) is 0.350. The van der Waals surface area contributed by atoms with Gasteiger partial charge in [-0.25, -0.2) is 0 Å². The summed E-state index contributed by atoms with van der Waals surface area (Å²) < 4.78 is 0. The van der Waals surface area contributed by atoms with Crippen molar-refractivity contribution in [3.05, 3.63) is 129 Å². The number of fused-ring (bicyclic) bond motifs is 4. The normalized spacial score (nSPS) is 21.4. The van der Waals surface area contributed by atoms with Crippen LogP contribution >= 0.6 is 13.5 Å². The fourth-order valence-electron chi connectivity index (χ4n) is 7.33. The molecule has 0 saturated heterocycles. The SMILES string of the molecule is N[C@H]1CCCc2ccccc21.O=C(N[C@H]1CCCc2ccccc21)[C@@H]1Cc2ccc(O)cc2CN1.O=C(O)[C@@H]1Cc2ccc(O)cc2CN1.S. The molecule has 0 radical (unpaired) electrons. The van der Waals surface area contributed by atoms with E-state index in [0.717, 1.165) is 47.9 Å². The largest absolute Gasteiger partial charge is 0.508 e. The number of phenolic OH excluding ortho intramolecular Hbond substituents is 2. The second kappa shape index (κ2) is 17.0. The van der Waals surface area contributed by atoms with Gasteiger partial charge in [-0.15, -0.1) is 0 Å². The number of nitrogens with one attached hydrogen (secondary N) is 3. The predicted molar refractivity (Wildman–Crippen MR) is 199 cm³/mol. The summed E-state index contributed by atoms with van der Waals surface area (Å²) in [7, 11) is 0. The minimum absolute atomic E-state index is 0. The molecular weight excluding hydrogens is 649 g/mol. The highest BCUT2D eigenvalue weighted by Gasteiger charge is 2.28. The van der Waals surface area contributed by atoms with Crippen LogP contribution in [0.1, 0.15) is 82.3 Å². The van der Waals surface area contributed by atoms with Gasteiger partial charge in [0.15, 0.2) is 0 Å². The van der Waals surface area contributed by atoms with Gasteiger partial charge in [0.2, 0.25) is 5.91 Å². The van der Waals surface area contributed by atoms with Crippen molar-refractivity contribution in [2.45, 2.75) is 88.6 Å². The first kappa shape index (κ1) is 36.9. The third-order valence-electron chi connectivity index (χ3n) is 10.0. The number of carboxylic acid groups (broad SMARTS) is 1. The lowest BCUT2D eigenvalue weighted by Gasteiger charge is -2.30. The van der Waals surface area contributed by atoms with Gasteiger partial charge in [0.1, 0.15) is 17.5 Å². The number of aliphatic carboxylic acids is 1. The van der Waals surface area contributed by atoms with Crippen LogP contribution in [0.4, 0.5) is 0 Å². The van der Waals surface area contributed by atoms with Gasteiger partial charge in [-0.3, -0.25) is 9.59 Å². The molecule has 0 saturated carbocycles. The maximum Gasteiger partial charge on any atom is 0.321 e. The van der Waals surface area contributed by atoms with Crippen LogP contribution in [-0.2, 0) is 48.4 Å². The Hall–Kier alpha value is -4.35. The second-order valence-electron chi connectivity index (χ2n) is 13.4. The van der Waals surface area contributed by atoms with E-state index in [1.807, 2.05) is 12.1 Å². The van der Waals surface area contributed by atoms with E-state index >= 15 is 0 Å². The number of aromatic hydroxyl groups is 2. The Balaban J connectivity index is 0.000000159. The molecule has 264 valence electrons. The van der Waals surface area contributed by atoms with E-state index in [9.17, 15) is 19.8 Å². The highest BCUT2D eigenvalue weighted by Crippen LogP contribution is 2.30. The summed E-state index contributed by atoms with van der Waals surface area (Å²) in [6, 6.07) is 27.0. The van der Waals surface area contributed by atoms with Crippen LogP contribution in [-0.4, -0.2) is 39.3 Å². The van der Waals surface area contributed by atoms with Crippen molar-refractivity contribution in [3.8, 4) is 11.5 Å². The molecule has 9 nitrogen and oxygen atoms in total. The van der Waals surface area contributed by atoms with Crippen molar-refractivity contribution in [1.29, 1.82) is 0 Å². The fourth-order valence-corrected chi connectivity index (χ4v) is 7.33. The molecule has 0 spiro atoms. The van der Waals surface area contributed by atoms with Crippen LogP contribution < -0.4 is 21.7 Å². The number of aryl methyl sites for hydroxylation is 2. The lowest BCUT2D eigenvalue weighted by molar-refractivity contribution is -0.139. The van der Waals surface area contributed by atoms with Crippen LogP contribution in [0.3, 0.4) is 0 Å². The van der Waals surface area contributed by atoms with E-state index < -0.39 is 12.0 Å².